The van der Waals surface area contributed by atoms with Crippen molar-refractivity contribution in [1.29, 1.82) is 0 Å². The van der Waals surface area contributed by atoms with E-state index in [1.807, 2.05) is 0 Å². The van der Waals surface area contributed by atoms with Crippen molar-refractivity contribution in [1.82, 2.24) is 19.4 Å². The SMILES string of the molecule is COCCN(C)S(=O)(=O)c1cnn(CCCNC2CC2)c1. The Morgan fingerprint density at radius 2 is 2.29 bits per heavy atom. The van der Waals surface area contributed by atoms with Crippen molar-refractivity contribution in [2.24, 2.45) is 0 Å². The molecule has 0 aliphatic heterocycles. The molecule has 0 saturated heterocycles. The Bertz CT molecular complexity index is 539. The summed E-state index contributed by atoms with van der Waals surface area (Å²) in [6.07, 6.45) is 6.50. The second-order valence-electron chi connectivity index (χ2n) is 5.34. The van der Waals surface area contributed by atoms with Crippen LogP contribution in [0, 0.1) is 0 Å². The van der Waals surface area contributed by atoms with Crippen LogP contribution in [0.25, 0.3) is 0 Å². The van der Waals surface area contributed by atoms with Crippen LogP contribution in [0.1, 0.15) is 19.3 Å². The molecule has 0 atom stereocenters. The summed E-state index contributed by atoms with van der Waals surface area (Å²) in [6.45, 7) is 2.36. The molecule has 1 heterocycles. The standard InChI is InChI=1S/C13H24N4O3S/c1-16(8-9-20-2)21(18,19)13-10-15-17(11-13)7-3-6-14-12-4-5-12/h10-12,14H,3-9H2,1-2H3. The Balaban J connectivity index is 1.84. The van der Waals surface area contributed by atoms with Crippen molar-refractivity contribution in [2.45, 2.75) is 36.7 Å². The zero-order chi connectivity index (χ0) is 15.3. The summed E-state index contributed by atoms with van der Waals surface area (Å²) in [6, 6.07) is 0.702. The molecule has 8 heteroatoms. The molecule has 120 valence electrons. The Morgan fingerprint density at radius 1 is 1.52 bits per heavy atom. The first-order valence-corrected chi connectivity index (χ1v) is 8.69. The maximum Gasteiger partial charge on any atom is 0.246 e. The van der Waals surface area contributed by atoms with Crippen LogP contribution in [0.2, 0.25) is 0 Å². The number of likely N-dealkylation sites (N-methyl/N-ethyl adjacent to an activating group) is 1. The van der Waals surface area contributed by atoms with Gasteiger partial charge in [-0.3, -0.25) is 4.68 Å². The van der Waals surface area contributed by atoms with Crippen LogP contribution in [0.15, 0.2) is 17.3 Å². The van der Waals surface area contributed by atoms with Gasteiger partial charge in [0.05, 0.1) is 12.8 Å². The van der Waals surface area contributed by atoms with E-state index < -0.39 is 10.0 Å². The smallest absolute Gasteiger partial charge is 0.246 e. The molecule has 2 rings (SSSR count). The van der Waals surface area contributed by atoms with Crippen molar-refractivity contribution >= 4 is 10.0 Å². The lowest BCUT2D eigenvalue weighted by molar-refractivity contribution is 0.185. The third-order valence-electron chi connectivity index (χ3n) is 3.50. The van der Waals surface area contributed by atoms with Gasteiger partial charge in [0.1, 0.15) is 4.90 Å². The number of aromatic nitrogens is 2. The quantitative estimate of drug-likeness (QED) is 0.628. The average Bonchev–Trinajstić information content (AvgIpc) is 3.16. The van der Waals surface area contributed by atoms with E-state index in [2.05, 4.69) is 10.4 Å². The molecule has 1 aromatic rings. The summed E-state index contributed by atoms with van der Waals surface area (Å²) in [5.41, 5.74) is 0. The Morgan fingerprint density at radius 3 is 2.95 bits per heavy atom. The predicted octanol–water partition coefficient (Wildman–Crippen LogP) is 0.292. The number of nitrogens with one attached hydrogen (secondary N) is 1. The van der Waals surface area contributed by atoms with Crippen LogP contribution in [0.5, 0.6) is 0 Å². The molecule has 0 bridgehead atoms. The van der Waals surface area contributed by atoms with E-state index in [9.17, 15) is 8.42 Å². The highest BCUT2D eigenvalue weighted by molar-refractivity contribution is 7.89. The summed E-state index contributed by atoms with van der Waals surface area (Å²) >= 11 is 0. The van der Waals surface area contributed by atoms with Crippen molar-refractivity contribution in [3.63, 3.8) is 0 Å². The molecule has 7 nitrogen and oxygen atoms in total. The zero-order valence-corrected chi connectivity index (χ0v) is 13.5. The van der Waals surface area contributed by atoms with Crippen molar-refractivity contribution < 1.29 is 13.2 Å². The van der Waals surface area contributed by atoms with E-state index >= 15 is 0 Å². The first kappa shape index (κ1) is 16.4. The third kappa shape index (κ3) is 4.77. The normalized spacial score (nSPS) is 15.8. The molecule has 21 heavy (non-hydrogen) atoms. The lowest BCUT2D eigenvalue weighted by Gasteiger charge is -2.15. The second-order valence-corrected chi connectivity index (χ2v) is 7.39. The van der Waals surface area contributed by atoms with Gasteiger partial charge in [0.15, 0.2) is 0 Å². The first-order chi connectivity index (χ1) is 10.0. The van der Waals surface area contributed by atoms with Crippen LogP contribution >= 0.6 is 0 Å². The molecule has 1 fully saturated rings. The lowest BCUT2D eigenvalue weighted by atomic mass is 10.4. The van der Waals surface area contributed by atoms with E-state index in [-0.39, 0.29) is 4.90 Å². The van der Waals surface area contributed by atoms with E-state index in [1.165, 1.54) is 23.3 Å². The number of rotatable bonds is 10. The van der Waals surface area contributed by atoms with Gasteiger partial charge in [0.2, 0.25) is 10.0 Å². The van der Waals surface area contributed by atoms with Gasteiger partial charge in [-0.05, 0) is 25.8 Å². The van der Waals surface area contributed by atoms with E-state index in [0.717, 1.165) is 19.5 Å². The molecular formula is C13H24N4O3S. The van der Waals surface area contributed by atoms with Crippen LogP contribution < -0.4 is 5.32 Å². The molecule has 1 aromatic heterocycles. The molecule has 0 aromatic carbocycles. The van der Waals surface area contributed by atoms with E-state index in [4.69, 9.17) is 4.74 Å². The lowest BCUT2D eigenvalue weighted by Crippen LogP contribution is -2.29. The second kappa shape index (κ2) is 7.35. The summed E-state index contributed by atoms with van der Waals surface area (Å²) < 4.78 is 32.4. The monoisotopic (exact) mass is 316 g/mol. The first-order valence-electron chi connectivity index (χ1n) is 7.25. The molecular weight excluding hydrogens is 292 g/mol. The Hall–Kier alpha value is -0.960. The topological polar surface area (TPSA) is 76.5 Å². The van der Waals surface area contributed by atoms with E-state index in [0.29, 0.717) is 19.2 Å². The number of sulfonamides is 1. The van der Waals surface area contributed by atoms with Gasteiger partial charge in [0, 0.05) is 39.5 Å². The molecule has 1 aliphatic carbocycles. The number of nitrogens with zero attached hydrogens (tertiary/aromatic N) is 3. The molecule has 0 amide bonds. The fourth-order valence-corrected chi connectivity index (χ4v) is 3.06. The molecule has 1 aliphatic rings. The molecule has 0 radical (unpaired) electrons. The van der Waals surface area contributed by atoms with Gasteiger partial charge >= 0.3 is 0 Å². The number of aryl methyl sites for hydroxylation is 1. The Kier molecular flexibility index (Phi) is 5.74. The van der Waals surface area contributed by atoms with Gasteiger partial charge in [-0.15, -0.1) is 0 Å². The molecule has 1 N–H and O–H groups in total. The van der Waals surface area contributed by atoms with Gasteiger partial charge in [-0.2, -0.15) is 9.40 Å². The highest BCUT2D eigenvalue weighted by Crippen LogP contribution is 2.18. The van der Waals surface area contributed by atoms with Gasteiger partial charge in [-0.25, -0.2) is 8.42 Å². The number of hydrogen-bond donors (Lipinski definition) is 1. The summed E-state index contributed by atoms with van der Waals surface area (Å²) in [7, 11) is -0.373. The maximum absolute atomic E-state index is 12.3. The van der Waals surface area contributed by atoms with Crippen LogP contribution in [-0.4, -0.2) is 62.4 Å². The van der Waals surface area contributed by atoms with Gasteiger partial charge < -0.3 is 10.1 Å². The maximum atomic E-state index is 12.3. The molecule has 0 spiro atoms. The minimum atomic E-state index is -3.47. The highest BCUT2D eigenvalue weighted by Gasteiger charge is 2.22. The van der Waals surface area contributed by atoms with Crippen molar-refractivity contribution in [3.05, 3.63) is 12.4 Å². The third-order valence-corrected chi connectivity index (χ3v) is 5.31. The number of ether oxygens (including phenoxy) is 1. The minimum absolute atomic E-state index is 0.233. The number of methoxy groups -OCH3 is 1. The highest BCUT2D eigenvalue weighted by atomic mass is 32.2. The van der Waals surface area contributed by atoms with Crippen molar-refractivity contribution in [2.75, 3.05) is 33.9 Å². The molecule has 1 saturated carbocycles. The van der Waals surface area contributed by atoms with Crippen LogP contribution in [0.4, 0.5) is 0 Å². The largest absolute Gasteiger partial charge is 0.383 e. The van der Waals surface area contributed by atoms with Gasteiger partial charge in [-0.1, -0.05) is 0 Å². The van der Waals surface area contributed by atoms with Gasteiger partial charge in [0.25, 0.3) is 0 Å². The molecule has 0 unspecified atom stereocenters. The Labute approximate surface area is 126 Å². The zero-order valence-electron chi connectivity index (χ0n) is 12.7. The fraction of sp³-hybridized carbons (Fsp3) is 0.769. The van der Waals surface area contributed by atoms with Crippen LogP contribution in [-0.2, 0) is 21.3 Å². The summed E-state index contributed by atoms with van der Waals surface area (Å²) in [4.78, 5) is 0.233. The average molecular weight is 316 g/mol. The van der Waals surface area contributed by atoms with Crippen LogP contribution in [0.3, 0.4) is 0 Å². The summed E-state index contributed by atoms with van der Waals surface area (Å²) in [5, 5.41) is 7.55. The minimum Gasteiger partial charge on any atom is -0.383 e. The predicted molar refractivity (Wildman–Crippen MR) is 79.6 cm³/mol. The van der Waals surface area contributed by atoms with E-state index in [1.54, 1.807) is 25.0 Å². The fourth-order valence-electron chi connectivity index (χ4n) is 1.95. The summed E-state index contributed by atoms with van der Waals surface area (Å²) in [5.74, 6) is 0. The number of hydrogen-bond acceptors (Lipinski definition) is 5. The van der Waals surface area contributed by atoms with Crippen molar-refractivity contribution in [3.8, 4) is 0 Å².